The third kappa shape index (κ3) is 24.4. The molecular formula is C62H82N14O15. The monoisotopic (exact) mass is 1260 g/mol. The zero-order valence-electron chi connectivity index (χ0n) is 50.8. The van der Waals surface area contributed by atoms with Crippen LogP contribution in [0.5, 0.6) is 5.75 Å². The maximum atomic E-state index is 14.7. The molecule has 29 heteroatoms. The Morgan fingerprint density at radius 1 is 0.582 bits per heavy atom. The molecule has 0 aliphatic carbocycles. The predicted octanol–water partition coefficient (Wildman–Crippen LogP) is -1.02. The van der Waals surface area contributed by atoms with Gasteiger partial charge in [-0.15, -0.1) is 0 Å². The van der Waals surface area contributed by atoms with Gasteiger partial charge in [0.2, 0.25) is 41.4 Å². The molecule has 91 heavy (non-hydrogen) atoms. The summed E-state index contributed by atoms with van der Waals surface area (Å²) in [6.45, 7) is -0.659. The van der Waals surface area contributed by atoms with E-state index < -0.39 is 102 Å². The van der Waals surface area contributed by atoms with Gasteiger partial charge in [0.15, 0.2) is 0 Å². The average molecular weight is 1260 g/mol. The molecule has 6 rings (SSSR count). The van der Waals surface area contributed by atoms with Crippen LogP contribution in [-0.4, -0.2) is 245 Å². The lowest BCUT2D eigenvalue weighted by molar-refractivity contribution is -0.142. The van der Waals surface area contributed by atoms with Crippen molar-refractivity contribution in [1.29, 1.82) is 5.41 Å². The molecule has 0 unspecified atom stereocenters. The number of amidine groups is 1. The molecule has 4 aromatic carbocycles. The first-order valence-corrected chi connectivity index (χ1v) is 30.0. The molecule has 0 radical (unpaired) electrons. The zero-order chi connectivity index (χ0) is 66.0. The molecule has 14 N–H and O–H groups in total. The van der Waals surface area contributed by atoms with Gasteiger partial charge >= 0.3 is 17.9 Å². The number of nitrogens with two attached hydrogens (primary N) is 1. The highest BCUT2D eigenvalue weighted by molar-refractivity contribution is 5.99. The minimum Gasteiger partial charge on any atom is -0.508 e. The Bertz CT molecular complexity index is 3190. The van der Waals surface area contributed by atoms with Crippen molar-refractivity contribution in [3.8, 4) is 5.75 Å². The van der Waals surface area contributed by atoms with E-state index in [1.54, 1.807) is 31.7 Å². The van der Waals surface area contributed by atoms with Crippen LogP contribution in [0.15, 0.2) is 91.0 Å². The van der Waals surface area contributed by atoms with Gasteiger partial charge in [-0.25, -0.2) is 0 Å². The number of carbonyl (C=O) groups is 11. The molecule has 2 aliphatic rings. The van der Waals surface area contributed by atoms with E-state index >= 15 is 0 Å². The molecule has 0 spiro atoms. The van der Waals surface area contributed by atoms with Crippen molar-refractivity contribution in [1.82, 2.24) is 56.4 Å². The van der Waals surface area contributed by atoms with Gasteiger partial charge in [0.05, 0.1) is 45.1 Å². The van der Waals surface area contributed by atoms with Gasteiger partial charge in [-0.05, 0) is 84.0 Å². The lowest BCUT2D eigenvalue weighted by Crippen LogP contribution is -2.58. The third-order valence-corrected chi connectivity index (χ3v) is 15.4. The van der Waals surface area contributed by atoms with E-state index in [9.17, 15) is 73.2 Å². The van der Waals surface area contributed by atoms with Crippen LogP contribution in [0.25, 0.3) is 10.8 Å². The molecule has 8 amide bonds. The Morgan fingerprint density at radius 2 is 1.13 bits per heavy atom. The van der Waals surface area contributed by atoms with Crippen molar-refractivity contribution in [2.45, 2.75) is 75.5 Å². The third-order valence-electron chi connectivity index (χ3n) is 15.4. The number of aromatic hydroxyl groups is 1. The van der Waals surface area contributed by atoms with E-state index in [1.807, 2.05) is 42.5 Å². The Morgan fingerprint density at radius 3 is 1.71 bits per heavy atom. The highest BCUT2D eigenvalue weighted by atomic mass is 16.4. The Kier molecular flexibility index (Phi) is 27.6. The molecule has 4 aromatic rings. The van der Waals surface area contributed by atoms with Crippen LogP contribution in [-0.2, 0) is 60.8 Å². The van der Waals surface area contributed by atoms with Gasteiger partial charge in [-0.1, -0.05) is 61.0 Å². The van der Waals surface area contributed by atoms with Gasteiger partial charge in [0.1, 0.15) is 29.9 Å². The summed E-state index contributed by atoms with van der Waals surface area (Å²) in [6, 6.07) is 19.9. The number of fused-ring (bicyclic) bond motifs is 1. The number of nitrogens with one attached hydrogen (secondary N) is 8. The number of rotatable bonds is 25. The smallest absolute Gasteiger partial charge is 0.317 e. The minimum absolute atomic E-state index is 0.00261. The summed E-state index contributed by atoms with van der Waals surface area (Å²) in [4.78, 5) is 154. The number of hydrogen-bond donors (Lipinski definition) is 13. The number of anilines is 1. The molecule has 2 heterocycles. The number of carbonyl (C=O) groups excluding carboxylic acids is 8. The molecule has 2 fully saturated rings. The molecule has 490 valence electrons. The van der Waals surface area contributed by atoms with E-state index in [0.717, 1.165) is 15.7 Å². The molecule has 2 aliphatic heterocycles. The second-order valence-corrected chi connectivity index (χ2v) is 22.5. The van der Waals surface area contributed by atoms with Crippen molar-refractivity contribution >= 4 is 87.5 Å². The number of unbranched alkanes of at least 4 members (excludes halogenated alkanes) is 1. The number of aliphatic carboxylic acids is 3. The zero-order valence-corrected chi connectivity index (χ0v) is 50.8. The lowest BCUT2D eigenvalue weighted by atomic mass is 10.00. The van der Waals surface area contributed by atoms with Crippen LogP contribution >= 0.6 is 0 Å². The van der Waals surface area contributed by atoms with Crippen molar-refractivity contribution in [3.05, 3.63) is 108 Å². The Balaban J connectivity index is 1.10. The van der Waals surface area contributed by atoms with E-state index in [-0.39, 0.29) is 146 Å². The highest BCUT2D eigenvalue weighted by Gasteiger charge is 2.36. The Labute approximate surface area is 525 Å². The van der Waals surface area contributed by atoms with E-state index in [1.165, 1.54) is 43.4 Å². The van der Waals surface area contributed by atoms with Crippen LogP contribution < -0.4 is 43.0 Å². The van der Waals surface area contributed by atoms with Gasteiger partial charge in [-0.3, -0.25) is 77.7 Å². The lowest BCUT2D eigenvalue weighted by Gasteiger charge is -2.32. The number of nitrogens with zero attached hydrogens (tertiary/aromatic N) is 5. The number of benzene rings is 4. The first-order valence-electron chi connectivity index (χ1n) is 30.0. The van der Waals surface area contributed by atoms with Gasteiger partial charge in [0.25, 0.3) is 5.91 Å². The number of carboxylic acids is 3. The largest absolute Gasteiger partial charge is 0.508 e. The minimum atomic E-state index is -1.29. The van der Waals surface area contributed by atoms with Crippen LogP contribution in [0.2, 0.25) is 0 Å². The standard InChI is InChI=1S/C62H82N14O15/c1-72-50(10-6-22-65-58(87)43-16-18-45(19-17-43)68-52(78)34-66-54(80)36-73-23-25-74(37-55(81)82)27-29-76(39-57(85)86)30-28-75(26-24-73)38-56(83)84)61(90)70-47(9-4-5-11-51(63)64)60(89)71-48(33-41-12-15-42-7-2-3-8-44(42)31-41)59(88)67-35-53(79)69-49(62(72)91)32-40-13-20-46(77)21-14-40/h2-3,7-8,12-21,31,47-50,77H,4-6,9-11,22-30,32-39H2,1H3,(H3,63,64)(H,65,87)(H,66,80)(H,67,88)(H,68,78)(H,69,79)(H,70,90)(H,71,89)(H,81,82)(H,83,84)(H,85,86)/t47-,48-,49+,50+/m0/s1. The van der Waals surface area contributed by atoms with Crippen molar-refractivity contribution < 1.29 is 73.2 Å². The van der Waals surface area contributed by atoms with Crippen molar-refractivity contribution in [2.75, 3.05) is 111 Å². The van der Waals surface area contributed by atoms with Crippen LogP contribution in [0, 0.1) is 5.41 Å². The molecule has 0 saturated carbocycles. The summed E-state index contributed by atoms with van der Waals surface area (Å²) in [5, 5.41) is 67.0. The van der Waals surface area contributed by atoms with Gasteiger partial charge < -0.3 is 68.3 Å². The van der Waals surface area contributed by atoms with E-state index in [0.29, 0.717) is 24.0 Å². The number of amides is 8. The molecule has 4 atom stereocenters. The van der Waals surface area contributed by atoms with E-state index in [2.05, 4.69) is 37.2 Å². The molecule has 0 bridgehead atoms. The van der Waals surface area contributed by atoms with Crippen LogP contribution in [0.3, 0.4) is 0 Å². The molecule has 29 nitrogen and oxygen atoms in total. The number of phenolic OH excluding ortho intramolecular Hbond substituents is 1. The maximum Gasteiger partial charge on any atom is 0.317 e. The molecule has 2 saturated heterocycles. The molecular weight excluding hydrogens is 1180 g/mol. The second kappa shape index (κ2) is 35.6. The normalized spacial score (nSPS) is 19.2. The summed E-state index contributed by atoms with van der Waals surface area (Å²) in [6.07, 6.45) is 0.951. The second-order valence-electron chi connectivity index (χ2n) is 22.5. The summed E-state index contributed by atoms with van der Waals surface area (Å²) in [5.41, 5.74) is 7.34. The summed E-state index contributed by atoms with van der Waals surface area (Å²) >= 11 is 0. The SMILES string of the molecule is CN1C(=O)[C@@H](Cc2ccc(O)cc2)NC(=O)CNC(=O)[C@H](Cc2ccc3ccccc3c2)NC(=O)[C@H](CCCCC(=N)N)NC(=O)[C@H]1CCCNC(=O)c1ccc(NC(=O)CNC(=O)CN2CCN(CC(=O)O)CCN(CC(=O)O)CCN(CC(=O)O)CC2)cc1. The Hall–Kier alpha value is -9.58. The quantitative estimate of drug-likeness (QED) is 0.0214. The predicted molar refractivity (Wildman–Crippen MR) is 334 cm³/mol. The first kappa shape index (κ1) is 70.5. The summed E-state index contributed by atoms with van der Waals surface area (Å²) in [5.74, 6) is -8.66. The highest BCUT2D eigenvalue weighted by Crippen LogP contribution is 2.19. The topological polar surface area (TPSA) is 419 Å². The number of phenols is 1. The van der Waals surface area contributed by atoms with E-state index in [4.69, 9.17) is 11.1 Å². The number of hydrogen-bond acceptors (Lipinski definition) is 17. The van der Waals surface area contributed by atoms with Crippen molar-refractivity contribution in [2.24, 2.45) is 5.73 Å². The van der Waals surface area contributed by atoms with Crippen LogP contribution in [0.1, 0.15) is 60.0 Å². The fourth-order valence-electron chi connectivity index (χ4n) is 10.5. The first-order chi connectivity index (χ1) is 43.5. The molecule has 0 aromatic heterocycles. The fourth-order valence-corrected chi connectivity index (χ4v) is 10.5. The number of likely N-dealkylation sites (N-methyl/N-ethyl adjacent to an activating group) is 1. The van der Waals surface area contributed by atoms with Crippen molar-refractivity contribution in [3.63, 3.8) is 0 Å². The fraction of sp³-hybridized carbons (Fsp3) is 0.452. The van der Waals surface area contributed by atoms with Gasteiger partial charge in [-0.2, -0.15) is 0 Å². The average Bonchev–Trinajstić information content (AvgIpc) is 1.89. The summed E-state index contributed by atoms with van der Waals surface area (Å²) < 4.78 is 0. The number of carboxylic acid groups (broad SMARTS) is 3. The summed E-state index contributed by atoms with van der Waals surface area (Å²) in [7, 11) is 1.38. The van der Waals surface area contributed by atoms with Crippen LogP contribution in [0.4, 0.5) is 5.69 Å². The van der Waals surface area contributed by atoms with Gasteiger partial charge in [0, 0.05) is 96.5 Å². The maximum absolute atomic E-state index is 14.7.